The third-order valence-electron chi connectivity index (χ3n) is 2.71. The fraction of sp³-hybridized carbons (Fsp3) is 1.00. The van der Waals surface area contributed by atoms with Crippen molar-refractivity contribution < 1.29 is 5.11 Å². The molecule has 0 radical (unpaired) electrons. The Kier molecular flexibility index (Phi) is 4.62. The predicted octanol–water partition coefficient (Wildman–Crippen LogP) is 1.54. The highest BCUT2D eigenvalue weighted by atomic mass is 16.3. The van der Waals surface area contributed by atoms with Crippen molar-refractivity contribution in [3.63, 3.8) is 0 Å². The van der Waals surface area contributed by atoms with Gasteiger partial charge in [0.25, 0.3) is 0 Å². The number of aliphatic hydroxyl groups excluding tert-OH is 1. The van der Waals surface area contributed by atoms with Crippen LogP contribution < -0.4 is 5.32 Å². The molecule has 0 bridgehead atoms. The van der Waals surface area contributed by atoms with E-state index in [-0.39, 0.29) is 6.10 Å². The molecule has 1 aliphatic carbocycles. The highest BCUT2D eigenvalue weighted by Gasteiger charge is 2.18. The van der Waals surface area contributed by atoms with Crippen LogP contribution in [0.3, 0.4) is 0 Å². The first-order chi connectivity index (χ1) is 5.83. The van der Waals surface area contributed by atoms with Crippen LogP contribution in [0.5, 0.6) is 0 Å². The van der Waals surface area contributed by atoms with E-state index in [4.69, 9.17) is 0 Å². The first-order valence-electron chi connectivity index (χ1n) is 5.21. The summed E-state index contributed by atoms with van der Waals surface area (Å²) in [6.45, 7) is 3.80. The molecule has 1 rings (SSSR count). The fourth-order valence-corrected chi connectivity index (χ4v) is 2.03. The second-order valence-electron chi connectivity index (χ2n) is 3.85. The van der Waals surface area contributed by atoms with Crippen molar-refractivity contribution in [2.24, 2.45) is 5.92 Å². The van der Waals surface area contributed by atoms with E-state index in [9.17, 15) is 5.11 Å². The van der Waals surface area contributed by atoms with E-state index in [2.05, 4.69) is 12.2 Å². The quantitative estimate of drug-likeness (QED) is 0.657. The SMILES string of the molecule is CCNCC(O)CC1CCCC1. The smallest absolute Gasteiger partial charge is 0.0667 e. The van der Waals surface area contributed by atoms with Crippen molar-refractivity contribution >= 4 is 0 Å². The second-order valence-corrected chi connectivity index (χ2v) is 3.85. The van der Waals surface area contributed by atoms with Gasteiger partial charge in [0.1, 0.15) is 0 Å². The van der Waals surface area contributed by atoms with Crippen molar-refractivity contribution in [2.45, 2.75) is 45.1 Å². The molecule has 72 valence electrons. The number of rotatable bonds is 5. The molecule has 0 aromatic carbocycles. The summed E-state index contributed by atoms with van der Waals surface area (Å²) in [5.41, 5.74) is 0. The van der Waals surface area contributed by atoms with Crippen LogP contribution >= 0.6 is 0 Å². The lowest BCUT2D eigenvalue weighted by Gasteiger charge is -2.15. The zero-order chi connectivity index (χ0) is 8.81. The molecule has 12 heavy (non-hydrogen) atoms. The Bertz CT molecular complexity index is 110. The van der Waals surface area contributed by atoms with Gasteiger partial charge >= 0.3 is 0 Å². The van der Waals surface area contributed by atoms with Crippen molar-refractivity contribution in [3.05, 3.63) is 0 Å². The summed E-state index contributed by atoms with van der Waals surface area (Å²) in [5.74, 6) is 0.804. The first kappa shape index (κ1) is 10.0. The Labute approximate surface area is 75.4 Å². The summed E-state index contributed by atoms with van der Waals surface area (Å²) >= 11 is 0. The molecular formula is C10H21NO. The normalized spacial score (nSPS) is 21.5. The van der Waals surface area contributed by atoms with Crippen LogP contribution in [0, 0.1) is 5.92 Å². The largest absolute Gasteiger partial charge is 0.392 e. The monoisotopic (exact) mass is 171 g/mol. The first-order valence-corrected chi connectivity index (χ1v) is 5.21. The van der Waals surface area contributed by atoms with Gasteiger partial charge in [-0.25, -0.2) is 0 Å². The number of aliphatic hydroxyl groups is 1. The molecule has 1 atom stereocenters. The molecule has 1 saturated carbocycles. The van der Waals surface area contributed by atoms with E-state index in [1.165, 1.54) is 25.7 Å². The molecule has 0 saturated heterocycles. The molecule has 1 aliphatic rings. The van der Waals surface area contributed by atoms with Gasteiger partial charge in [0.15, 0.2) is 0 Å². The number of nitrogens with one attached hydrogen (secondary N) is 1. The van der Waals surface area contributed by atoms with Crippen LogP contribution in [-0.2, 0) is 0 Å². The van der Waals surface area contributed by atoms with Crippen molar-refractivity contribution in [1.29, 1.82) is 0 Å². The topological polar surface area (TPSA) is 32.3 Å². The fourth-order valence-electron chi connectivity index (χ4n) is 2.03. The minimum atomic E-state index is -0.118. The van der Waals surface area contributed by atoms with Gasteiger partial charge in [0.2, 0.25) is 0 Å². The molecule has 0 heterocycles. The minimum Gasteiger partial charge on any atom is -0.392 e. The lowest BCUT2D eigenvalue weighted by Crippen LogP contribution is -2.27. The summed E-state index contributed by atoms with van der Waals surface area (Å²) in [5, 5.41) is 12.8. The predicted molar refractivity (Wildman–Crippen MR) is 51.1 cm³/mol. The highest BCUT2D eigenvalue weighted by Crippen LogP contribution is 2.28. The van der Waals surface area contributed by atoms with E-state index < -0.39 is 0 Å². The number of hydrogen-bond donors (Lipinski definition) is 2. The third kappa shape index (κ3) is 3.55. The lowest BCUT2D eigenvalue weighted by atomic mass is 10.0. The average Bonchev–Trinajstić information content (AvgIpc) is 2.53. The highest BCUT2D eigenvalue weighted by molar-refractivity contribution is 4.71. The number of hydrogen-bond acceptors (Lipinski definition) is 2. The molecule has 0 aromatic heterocycles. The Balaban J connectivity index is 2.03. The Morgan fingerprint density at radius 2 is 2.08 bits per heavy atom. The van der Waals surface area contributed by atoms with Crippen LogP contribution in [0.1, 0.15) is 39.0 Å². The van der Waals surface area contributed by atoms with Crippen LogP contribution in [0.25, 0.3) is 0 Å². The zero-order valence-corrected chi connectivity index (χ0v) is 8.05. The van der Waals surface area contributed by atoms with Crippen LogP contribution in [0.2, 0.25) is 0 Å². The van der Waals surface area contributed by atoms with E-state index in [1.54, 1.807) is 0 Å². The van der Waals surface area contributed by atoms with Gasteiger partial charge in [-0.3, -0.25) is 0 Å². The van der Waals surface area contributed by atoms with Crippen LogP contribution in [0.15, 0.2) is 0 Å². The Hall–Kier alpha value is -0.0800. The van der Waals surface area contributed by atoms with Gasteiger partial charge in [-0.05, 0) is 18.9 Å². The van der Waals surface area contributed by atoms with Crippen LogP contribution in [0.4, 0.5) is 0 Å². The summed E-state index contributed by atoms with van der Waals surface area (Å²) < 4.78 is 0. The maximum Gasteiger partial charge on any atom is 0.0667 e. The summed E-state index contributed by atoms with van der Waals surface area (Å²) in [6, 6.07) is 0. The van der Waals surface area contributed by atoms with Crippen molar-refractivity contribution in [2.75, 3.05) is 13.1 Å². The van der Waals surface area contributed by atoms with Gasteiger partial charge in [-0.1, -0.05) is 32.6 Å². The number of likely N-dealkylation sites (N-methyl/N-ethyl adjacent to an activating group) is 1. The second kappa shape index (κ2) is 5.55. The van der Waals surface area contributed by atoms with Crippen molar-refractivity contribution in [3.8, 4) is 0 Å². The molecule has 1 fully saturated rings. The van der Waals surface area contributed by atoms with Gasteiger partial charge in [0, 0.05) is 6.54 Å². The van der Waals surface area contributed by atoms with Gasteiger partial charge in [-0.15, -0.1) is 0 Å². The molecule has 0 amide bonds. The Morgan fingerprint density at radius 1 is 1.42 bits per heavy atom. The molecule has 0 aliphatic heterocycles. The maximum atomic E-state index is 9.58. The van der Waals surface area contributed by atoms with Gasteiger partial charge < -0.3 is 10.4 Å². The van der Waals surface area contributed by atoms with Gasteiger partial charge in [0.05, 0.1) is 6.10 Å². The molecule has 2 nitrogen and oxygen atoms in total. The van der Waals surface area contributed by atoms with E-state index in [1.807, 2.05) is 0 Å². The maximum absolute atomic E-state index is 9.58. The zero-order valence-electron chi connectivity index (χ0n) is 8.05. The Morgan fingerprint density at radius 3 is 2.67 bits per heavy atom. The summed E-state index contributed by atoms with van der Waals surface area (Å²) in [7, 11) is 0. The van der Waals surface area contributed by atoms with Crippen molar-refractivity contribution in [1.82, 2.24) is 5.32 Å². The molecule has 2 heteroatoms. The molecule has 1 unspecified atom stereocenters. The van der Waals surface area contributed by atoms with E-state index >= 15 is 0 Å². The van der Waals surface area contributed by atoms with Crippen LogP contribution in [-0.4, -0.2) is 24.3 Å². The minimum absolute atomic E-state index is 0.118. The molecule has 0 aromatic rings. The molecule has 2 N–H and O–H groups in total. The standard InChI is InChI=1S/C10H21NO/c1-2-11-8-10(12)7-9-5-3-4-6-9/h9-12H,2-8H2,1H3. The average molecular weight is 171 g/mol. The third-order valence-corrected chi connectivity index (χ3v) is 2.71. The van der Waals surface area contributed by atoms with Gasteiger partial charge in [-0.2, -0.15) is 0 Å². The van der Waals surface area contributed by atoms with E-state index in [0.29, 0.717) is 0 Å². The lowest BCUT2D eigenvalue weighted by molar-refractivity contribution is 0.141. The molecular weight excluding hydrogens is 150 g/mol. The molecule has 0 spiro atoms. The summed E-state index contributed by atoms with van der Waals surface area (Å²) in [6.07, 6.45) is 6.31. The van der Waals surface area contributed by atoms with E-state index in [0.717, 1.165) is 25.4 Å². The summed E-state index contributed by atoms with van der Waals surface area (Å²) in [4.78, 5) is 0.